The highest BCUT2D eigenvalue weighted by Gasteiger charge is 2.12. The molecule has 0 bridgehead atoms. The molecule has 0 spiro atoms. The third kappa shape index (κ3) is 4.55. The molecule has 3 rings (SSSR count). The summed E-state index contributed by atoms with van der Waals surface area (Å²) in [4.78, 5) is 15.7. The van der Waals surface area contributed by atoms with E-state index in [2.05, 4.69) is 10.3 Å². The van der Waals surface area contributed by atoms with Gasteiger partial charge in [-0.15, -0.1) is 0 Å². The minimum atomic E-state index is -0.142. The predicted octanol–water partition coefficient (Wildman–Crippen LogP) is 4.59. The van der Waals surface area contributed by atoms with Crippen LogP contribution in [0, 0.1) is 0 Å². The van der Waals surface area contributed by atoms with Crippen LogP contribution in [0.3, 0.4) is 0 Å². The standard InChI is InChI=1S/C21H23ClN2O3/c1-3-26-19-8-5-14(11-20(19)27-4-2)21(25)23-10-9-15-13-24-18-7-6-16(22)12-17(15)18/h5-8,11-13,24H,3-4,9-10H2,1-2H3,(H,23,25). The lowest BCUT2D eigenvalue weighted by Gasteiger charge is -2.12. The van der Waals surface area contributed by atoms with Gasteiger partial charge in [0.05, 0.1) is 13.2 Å². The van der Waals surface area contributed by atoms with Gasteiger partial charge >= 0.3 is 0 Å². The van der Waals surface area contributed by atoms with E-state index in [0.717, 1.165) is 16.5 Å². The van der Waals surface area contributed by atoms with E-state index < -0.39 is 0 Å². The van der Waals surface area contributed by atoms with Crippen molar-refractivity contribution in [2.45, 2.75) is 20.3 Å². The number of ether oxygens (including phenoxy) is 2. The second-order valence-corrected chi connectivity index (χ2v) is 6.47. The van der Waals surface area contributed by atoms with E-state index >= 15 is 0 Å². The lowest BCUT2D eigenvalue weighted by atomic mass is 10.1. The summed E-state index contributed by atoms with van der Waals surface area (Å²) in [5, 5.41) is 4.73. The molecule has 1 heterocycles. The maximum absolute atomic E-state index is 12.5. The van der Waals surface area contributed by atoms with Crippen molar-refractivity contribution >= 4 is 28.4 Å². The molecule has 0 unspecified atom stereocenters. The molecule has 0 atom stereocenters. The molecule has 1 amide bonds. The molecule has 0 aliphatic carbocycles. The van der Waals surface area contributed by atoms with Crippen LogP contribution in [0.25, 0.3) is 10.9 Å². The van der Waals surface area contributed by atoms with E-state index in [4.69, 9.17) is 21.1 Å². The largest absolute Gasteiger partial charge is 0.490 e. The van der Waals surface area contributed by atoms with Crippen molar-refractivity contribution in [1.82, 2.24) is 10.3 Å². The zero-order chi connectivity index (χ0) is 19.2. The number of rotatable bonds is 8. The highest BCUT2D eigenvalue weighted by atomic mass is 35.5. The first-order valence-electron chi connectivity index (χ1n) is 9.05. The molecular weight excluding hydrogens is 364 g/mol. The molecule has 3 aromatic rings. The van der Waals surface area contributed by atoms with Crippen LogP contribution in [0.15, 0.2) is 42.6 Å². The van der Waals surface area contributed by atoms with Crippen molar-refractivity contribution in [3.63, 3.8) is 0 Å². The average Bonchev–Trinajstić information content (AvgIpc) is 3.05. The van der Waals surface area contributed by atoms with Crippen LogP contribution < -0.4 is 14.8 Å². The minimum Gasteiger partial charge on any atom is -0.490 e. The van der Waals surface area contributed by atoms with Gasteiger partial charge < -0.3 is 19.8 Å². The minimum absolute atomic E-state index is 0.142. The highest BCUT2D eigenvalue weighted by Crippen LogP contribution is 2.28. The number of H-pyrrole nitrogens is 1. The Labute approximate surface area is 163 Å². The lowest BCUT2D eigenvalue weighted by Crippen LogP contribution is -2.25. The summed E-state index contributed by atoms with van der Waals surface area (Å²) in [6.45, 7) is 5.38. The summed E-state index contributed by atoms with van der Waals surface area (Å²) in [7, 11) is 0. The monoisotopic (exact) mass is 386 g/mol. The Morgan fingerprint density at radius 2 is 1.85 bits per heavy atom. The first-order chi connectivity index (χ1) is 13.1. The number of aromatic amines is 1. The van der Waals surface area contributed by atoms with Gasteiger partial charge in [0, 0.05) is 34.2 Å². The molecule has 5 nitrogen and oxygen atoms in total. The summed E-state index contributed by atoms with van der Waals surface area (Å²) < 4.78 is 11.1. The number of carbonyl (C=O) groups is 1. The summed E-state index contributed by atoms with van der Waals surface area (Å²) in [5.74, 6) is 1.08. The number of amides is 1. The summed E-state index contributed by atoms with van der Waals surface area (Å²) in [6.07, 6.45) is 2.67. The third-order valence-corrected chi connectivity index (χ3v) is 4.45. The molecule has 27 heavy (non-hydrogen) atoms. The predicted molar refractivity (Wildman–Crippen MR) is 108 cm³/mol. The fraction of sp³-hybridized carbons (Fsp3) is 0.286. The zero-order valence-electron chi connectivity index (χ0n) is 15.5. The van der Waals surface area contributed by atoms with Crippen LogP contribution in [-0.2, 0) is 6.42 Å². The van der Waals surface area contributed by atoms with Gasteiger partial charge in [-0.05, 0) is 62.2 Å². The summed E-state index contributed by atoms with van der Waals surface area (Å²) in [5.41, 5.74) is 2.70. The SMILES string of the molecule is CCOc1ccc(C(=O)NCCc2c[nH]c3ccc(Cl)cc23)cc1OCC. The Hall–Kier alpha value is -2.66. The fourth-order valence-corrected chi connectivity index (χ4v) is 3.13. The van der Waals surface area contributed by atoms with Crippen LogP contribution in [0.4, 0.5) is 0 Å². The molecular formula is C21H23ClN2O3. The molecule has 0 fully saturated rings. The normalized spacial score (nSPS) is 10.8. The molecule has 0 radical (unpaired) electrons. The van der Waals surface area contributed by atoms with Gasteiger partial charge in [0.1, 0.15) is 0 Å². The van der Waals surface area contributed by atoms with Crippen molar-refractivity contribution in [2.75, 3.05) is 19.8 Å². The summed E-state index contributed by atoms with van der Waals surface area (Å²) >= 11 is 6.08. The molecule has 0 saturated carbocycles. The first kappa shape index (κ1) is 19.1. The van der Waals surface area contributed by atoms with Crippen molar-refractivity contribution in [1.29, 1.82) is 0 Å². The highest BCUT2D eigenvalue weighted by molar-refractivity contribution is 6.31. The van der Waals surface area contributed by atoms with Crippen LogP contribution in [0.2, 0.25) is 5.02 Å². The van der Waals surface area contributed by atoms with E-state index in [9.17, 15) is 4.79 Å². The number of fused-ring (bicyclic) bond motifs is 1. The van der Waals surface area contributed by atoms with Gasteiger partial charge in [-0.3, -0.25) is 4.79 Å². The van der Waals surface area contributed by atoms with Crippen LogP contribution >= 0.6 is 11.6 Å². The maximum atomic E-state index is 12.5. The van der Waals surface area contributed by atoms with E-state index in [0.29, 0.717) is 48.3 Å². The first-order valence-corrected chi connectivity index (χ1v) is 9.43. The molecule has 1 aromatic heterocycles. The Kier molecular flexibility index (Phi) is 6.24. The maximum Gasteiger partial charge on any atom is 0.251 e. The van der Waals surface area contributed by atoms with Gasteiger partial charge in [0.25, 0.3) is 5.91 Å². The fourth-order valence-electron chi connectivity index (χ4n) is 2.96. The second kappa shape index (κ2) is 8.82. The molecule has 0 saturated heterocycles. The van der Waals surface area contributed by atoms with Gasteiger partial charge in [0.2, 0.25) is 0 Å². The number of hydrogen-bond donors (Lipinski definition) is 2. The van der Waals surface area contributed by atoms with Crippen LogP contribution in [0.5, 0.6) is 11.5 Å². The second-order valence-electron chi connectivity index (χ2n) is 6.04. The van der Waals surface area contributed by atoms with Crippen molar-refractivity contribution in [3.05, 3.63) is 58.7 Å². The number of nitrogens with one attached hydrogen (secondary N) is 2. The quantitative estimate of drug-likeness (QED) is 0.595. The van der Waals surface area contributed by atoms with Crippen LogP contribution in [-0.4, -0.2) is 30.6 Å². The van der Waals surface area contributed by atoms with E-state index in [-0.39, 0.29) is 5.91 Å². The number of carbonyl (C=O) groups excluding carboxylic acids is 1. The lowest BCUT2D eigenvalue weighted by molar-refractivity contribution is 0.0953. The average molecular weight is 387 g/mol. The van der Waals surface area contributed by atoms with E-state index in [1.807, 2.05) is 38.2 Å². The number of halogens is 1. The molecule has 6 heteroatoms. The topological polar surface area (TPSA) is 63.3 Å². The molecule has 0 aliphatic heterocycles. The van der Waals surface area contributed by atoms with Crippen molar-refractivity contribution in [2.24, 2.45) is 0 Å². The number of aromatic nitrogens is 1. The van der Waals surface area contributed by atoms with Crippen molar-refractivity contribution < 1.29 is 14.3 Å². The van der Waals surface area contributed by atoms with Gasteiger partial charge in [-0.1, -0.05) is 11.6 Å². The van der Waals surface area contributed by atoms with Gasteiger partial charge in [-0.2, -0.15) is 0 Å². The smallest absolute Gasteiger partial charge is 0.251 e. The summed E-state index contributed by atoms with van der Waals surface area (Å²) in [6, 6.07) is 11.0. The third-order valence-electron chi connectivity index (χ3n) is 4.21. The van der Waals surface area contributed by atoms with E-state index in [1.54, 1.807) is 18.2 Å². The Morgan fingerprint density at radius 3 is 2.63 bits per heavy atom. The Morgan fingerprint density at radius 1 is 1.07 bits per heavy atom. The molecule has 0 aliphatic rings. The van der Waals surface area contributed by atoms with E-state index in [1.165, 1.54) is 0 Å². The van der Waals surface area contributed by atoms with Gasteiger partial charge in [-0.25, -0.2) is 0 Å². The van der Waals surface area contributed by atoms with Gasteiger partial charge in [0.15, 0.2) is 11.5 Å². The molecule has 2 N–H and O–H groups in total. The number of benzene rings is 2. The zero-order valence-corrected chi connectivity index (χ0v) is 16.2. The van der Waals surface area contributed by atoms with Crippen LogP contribution in [0.1, 0.15) is 29.8 Å². The van der Waals surface area contributed by atoms with Crippen molar-refractivity contribution in [3.8, 4) is 11.5 Å². The molecule has 2 aromatic carbocycles. The molecule has 142 valence electrons. The number of hydrogen-bond acceptors (Lipinski definition) is 3. The Balaban J connectivity index is 1.65. The Bertz CT molecular complexity index is 936.